The van der Waals surface area contributed by atoms with Crippen molar-refractivity contribution in [1.29, 1.82) is 0 Å². The summed E-state index contributed by atoms with van der Waals surface area (Å²) >= 11 is 0. The molecule has 10 rings (SSSR count). The number of hydrogen-bond acceptors (Lipinski definition) is 3. The molecule has 0 fully saturated rings. The van der Waals surface area contributed by atoms with E-state index in [0.29, 0.717) is 27.4 Å². The normalized spacial score (nSPS) is 13.3. The summed E-state index contributed by atoms with van der Waals surface area (Å²) in [5, 5.41) is 6.99. The lowest BCUT2D eigenvalue weighted by Gasteiger charge is -2.21. The van der Waals surface area contributed by atoms with Crippen LogP contribution in [0, 0.1) is 0 Å². The van der Waals surface area contributed by atoms with Gasteiger partial charge in [-0.3, -0.25) is 4.57 Å². The molecule has 0 atom stereocenters. The van der Waals surface area contributed by atoms with Crippen molar-refractivity contribution in [3.8, 4) is 39.3 Å². The molecule has 1 aliphatic rings. The Bertz CT molecular complexity index is 2900. The molecule has 5 heteroatoms. The van der Waals surface area contributed by atoms with Gasteiger partial charge >= 0.3 is 0 Å². The van der Waals surface area contributed by atoms with E-state index >= 15 is 0 Å². The van der Waals surface area contributed by atoms with Crippen LogP contribution in [0.4, 0.5) is 0 Å². The van der Waals surface area contributed by atoms with Gasteiger partial charge in [-0.1, -0.05) is 127 Å². The van der Waals surface area contributed by atoms with Crippen LogP contribution in [0.15, 0.2) is 168 Å². The summed E-state index contributed by atoms with van der Waals surface area (Å²) in [5.74, 6) is 0.708. The number of nitrogens with zero attached hydrogens (tertiary/aromatic N) is 2. The molecule has 9 aromatic rings. The van der Waals surface area contributed by atoms with Crippen molar-refractivity contribution in [3.05, 3.63) is 158 Å². The quantitative estimate of drug-likeness (QED) is 0.182. The Kier molecular flexibility index (Phi) is 5.64. The van der Waals surface area contributed by atoms with Crippen molar-refractivity contribution in [3.63, 3.8) is 0 Å². The Labute approximate surface area is 277 Å². The molecule has 1 aliphatic heterocycles. The maximum Gasteiger partial charge on any atom is 0.210 e. The van der Waals surface area contributed by atoms with Crippen LogP contribution in [0.2, 0.25) is 0 Å². The van der Waals surface area contributed by atoms with E-state index in [-0.39, 0.29) is 4.90 Å². The summed E-state index contributed by atoms with van der Waals surface area (Å²) in [6.45, 7) is 0. The highest BCUT2D eigenvalue weighted by Crippen LogP contribution is 2.47. The molecule has 0 radical (unpaired) electrons. The minimum atomic E-state index is -3.70. The first-order chi connectivity index (χ1) is 23.6. The van der Waals surface area contributed by atoms with Crippen LogP contribution >= 0.6 is 0 Å². The molecule has 2 heterocycles. The van der Waals surface area contributed by atoms with Gasteiger partial charge in [0.25, 0.3) is 0 Å². The van der Waals surface area contributed by atoms with Gasteiger partial charge in [0.1, 0.15) is 5.82 Å². The first-order valence-corrected chi connectivity index (χ1v) is 17.5. The van der Waals surface area contributed by atoms with Crippen LogP contribution in [0.5, 0.6) is 0 Å². The van der Waals surface area contributed by atoms with E-state index in [0.717, 1.165) is 27.5 Å². The molecule has 0 saturated carbocycles. The minimum absolute atomic E-state index is 0.284. The molecular weight excluding hydrogens is 609 g/mol. The van der Waals surface area contributed by atoms with E-state index in [1.807, 2.05) is 22.8 Å². The van der Waals surface area contributed by atoms with Crippen LogP contribution in [-0.2, 0) is 9.84 Å². The van der Waals surface area contributed by atoms with Crippen molar-refractivity contribution < 1.29 is 8.42 Å². The highest BCUT2D eigenvalue weighted by atomic mass is 32.2. The molecule has 4 nitrogen and oxygen atoms in total. The lowest BCUT2D eigenvalue weighted by Crippen LogP contribution is -2.14. The number of aromatic nitrogens is 2. The van der Waals surface area contributed by atoms with Crippen molar-refractivity contribution in [2.24, 2.45) is 0 Å². The van der Waals surface area contributed by atoms with Gasteiger partial charge in [0.05, 0.1) is 26.5 Å². The van der Waals surface area contributed by atoms with Crippen LogP contribution in [0.3, 0.4) is 0 Å². The largest absolute Gasteiger partial charge is 0.290 e. The number of imidazole rings is 1. The van der Waals surface area contributed by atoms with Gasteiger partial charge in [-0.05, 0) is 84.9 Å². The predicted molar refractivity (Wildman–Crippen MR) is 195 cm³/mol. The molecule has 48 heavy (non-hydrogen) atoms. The fraction of sp³-hybridized carbons (Fsp3) is 0. The summed E-state index contributed by atoms with van der Waals surface area (Å²) in [6.07, 6.45) is 0. The fourth-order valence-electron chi connectivity index (χ4n) is 7.70. The summed E-state index contributed by atoms with van der Waals surface area (Å²) in [7, 11) is -3.70. The molecule has 0 saturated heterocycles. The summed E-state index contributed by atoms with van der Waals surface area (Å²) in [6, 6.07) is 53.5. The van der Waals surface area contributed by atoms with E-state index in [9.17, 15) is 8.42 Å². The van der Waals surface area contributed by atoms with E-state index in [1.54, 1.807) is 24.3 Å². The highest BCUT2D eigenvalue weighted by Gasteiger charge is 2.33. The average Bonchev–Trinajstić information content (AvgIpc) is 3.53. The number of hydrogen-bond donors (Lipinski definition) is 0. The SMILES string of the molecule is O=S1(=O)c2ccccc2-n2c(-c3ccc4c(-c5ccccc5)c5ccccc5c(-c5cccc6ccccc56)c4c3)nc3cccc1c32. The third-order valence-electron chi connectivity index (χ3n) is 9.73. The van der Waals surface area contributed by atoms with Gasteiger partial charge in [0, 0.05) is 5.56 Å². The van der Waals surface area contributed by atoms with Crippen LogP contribution < -0.4 is 0 Å². The van der Waals surface area contributed by atoms with Crippen LogP contribution in [0.1, 0.15) is 0 Å². The smallest absolute Gasteiger partial charge is 0.210 e. The Hall–Kier alpha value is -6.04. The summed E-state index contributed by atoms with van der Waals surface area (Å²) < 4.78 is 29.6. The van der Waals surface area contributed by atoms with Crippen LogP contribution in [0.25, 0.3) is 82.7 Å². The molecule has 0 spiro atoms. The number of fused-ring (bicyclic) bond motifs is 5. The Morgan fingerprint density at radius 3 is 1.98 bits per heavy atom. The predicted octanol–water partition coefficient (Wildman–Crippen LogP) is 10.6. The fourth-order valence-corrected chi connectivity index (χ4v) is 9.33. The van der Waals surface area contributed by atoms with Crippen molar-refractivity contribution in [1.82, 2.24) is 9.55 Å². The van der Waals surface area contributed by atoms with E-state index in [1.165, 1.54) is 32.7 Å². The third-order valence-corrected chi connectivity index (χ3v) is 11.6. The second-order valence-corrected chi connectivity index (χ2v) is 14.2. The van der Waals surface area contributed by atoms with Gasteiger partial charge < -0.3 is 0 Å². The van der Waals surface area contributed by atoms with Gasteiger partial charge in [-0.2, -0.15) is 0 Å². The lowest BCUT2D eigenvalue weighted by molar-refractivity contribution is 0.594. The van der Waals surface area contributed by atoms with Gasteiger partial charge in [0.2, 0.25) is 9.84 Å². The molecular formula is C43H26N2O2S. The van der Waals surface area contributed by atoms with E-state index in [4.69, 9.17) is 4.98 Å². The zero-order valence-electron chi connectivity index (χ0n) is 25.6. The van der Waals surface area contributed by atoms with Crippen LogP contribution in [-0.4, -0.2) is 18.0 Å². The van der Waals surface area contributed by atoms with Gasteiger partial charge in [-0.15, -0.1) is 0 Å². The van der Waals surface area contributed by atoms with Gasteiger partial charge in [-0.25, -0.2) is 13.4 Å². The standard InChI is InChI=1S/C43H26N2O2S/c46-48(47)38-22-9-8-21-37(38)45-42-36(20-11-23-39(42)48)44-43(45)29-24-25-34-35(26-29)41(31-19-10-15-27-12-4-5-16-30(27)31)33-18-7-6-17-32(33)40(34)28-13-2-1-3-14-28/h1-26H. The van der Waals surface area contributed by atoms with E-state index < -0.39 is 9.84 Å². The minimum Gasteiger partial charge on any atom is -0.290 e. The first-order valence-electron chi connectivity index (χ1n) is 16.0. The monoisotopic (exact) mass is 634 g/mol. The Morgan fingerprint density at radius 2 is 1.12 bits per heavy atom. The van der Waals surface area contributed by atoms with Crippen molar-refractivity contribution >= 4 is 53.2 Å². The molecule has 0 amide bonds. The average molecular weight is 635 g/mol. The molecule has 0 aliphatic carbocycles. The number of benzene rings is 8. The molecule has 226 valence electrons. The second kappa shape index (κ2) is 9.98. The third kappa shape index (κ3) is 3.70. The summed E-state index contributed by atoms with van der Waals surface area (Å²) in [4.78, 5) is 5.69. The maximum absolute atomic E-state index is 13.8. The highest BCUT2D eigenvalue weighted by molar-refractivity contribution is 7.92. The zero-order valence-corrected chi connectivity index (χ0v) is 26.4. The van der Waals surface area contributed by atoms with Crippen molar-refractivity contribution in [2.45, 2.75) is 9.79 Å². The zero-order chi connectivity index (χ0) is 32.0. The maximum atomic E-state index is 13.8. The molecule has 0 unspecified atom stereocenters. The Morgan fingerprint density at radius 1 is 0.479 bits per heavy atom. The van der Waals surface area contributed by atoms with Gasteiger partial charge in [0.15, 0.2) is 0 Å². The number of para-hydroxylation sites is 2. The Balaban J connectivity index is 1.37. The number of rotatable bonds is 3. The first kappa shape index (κ1) is 27.1. The second-order valence-electron chi connectivity index (χ2n) is 12.3. The molecule has 8 aromatic carbocycles. The topological polar surface area (TPSA) is 52.0 Å². The molecule has 0 N–H and O–H groups in total. The summed E-state index contributed by atoms with van der Waals surface area (Å²) in [5.41, 5.74) is 7.46. The lowest BCUT2D eigenvalue weighted by atomic mass is 9.84. The van der Waals surface area contributed by atoms with Crippen molar-refractivity contribution in [2.75, 3.05) is 0 Å². The molecule has 0 bridgehead atoms. The molecule has 1 aromatic heterocycles. The number of sulfone groups is 1. The van der Waals surface area contributed by atoms with E-state index in [2.05, 4.69) is 115 Å².